The van der Waals surface area contributed by atoms with Crippen molar-refractivity contribution in [3.05, 3.63) is 65.4 Å². The van der Waals surface area contributed by atoms with E-state index >= 15 is 0 Å². The van der Waals surface area contributed by atoms with E-state index in [-0.39, 0.29) is 12.0 Å². The summed E-state index contributed by atoms with van der Waals surface area (Å²) in [4.78, 5) is 15.1. The van der Waals surface area contributed by atoms with E-state index < -0.39 is 0 Å². The van der Waals surface area contributed by atoms with Crippen LogP contribution in [0.1, 0.15) is 18.8 Å². The van der Waals surface area contributed by atoms with Gasteiger partial charge in [0, 0.05) is 17.3 Å². The molecule has 0 saturated heterocycles. The molecule has 7 nitrogen and oxygen atoms in total. The van der Waals surface area contributed by atoms with E-state index in [1.807, 2.05) is 56.4 Å². The Balaban J connectivity index is 1.60. The highest BCUT2D eigenvalue weighted by Crippen LogP contribution is 2.19. The van der Waals surface area contributed by atoms with Crippen molar-refractivity contribution in [2.75, 3.05) is 31.2 Å². The normalized spacial score (nSPS) is 12.0. The summed E-state index contributed by atoms with van der Waals surface area (Å²) >= 11 is 5.88. The molecule has 0 bridgehead atoms. The van der Waals surface area contributed by atoms with Gasteiger partial charge in [0.05, 0.1) is 6.04 Å². The molecule has 0 radical (unpaired) electrons. The summed E-state index contributed by atoms with van der Waals surface area (Å²) in [6.07, 6.45) is 0. The van der Waals surface area contributed by atoms with E-state index in [0.29, 0.717) is 29.9 Å². The minimum atomic E-state index is -0.0598. The van der Waals surface area contributed by atoms with Crippen LogP contribution >= 0.6 is 11.6 Å². The second-order valence-corrected chi connectivity index (χ2v) is 6.76. The number of nitrogens with one attached hydrogen (secondary N) is 1. The van der Waals surface area contributed by atoms with Crippen molar-refractivity contribution < 1.29 is 4.74 Å². The number of nitrogens with two attached hydrogens (primary N) is 1. The zero-order valence-corrected chi connectivity index (χ0v) is 16.6. The first-order valence-electron chi connectivity index (χ1n) is 8.93. The molecule has 3 aromatic rings. The van der Waals surface area contributed by atoms with Crippen molar-refractivity contribution in [3.63, 3.8) is 0 Å². The van der Waals surface area contributed by atoms with Gasteiger partial charge in [0.1, 0.15) is 12.4 Å². The van der Waals surface area contributed by atoms with Gasteiger partial charge in [-0.15, -0.1) is 0 Å². The Labute approximate surface area is 169 Å². The number of ether oxygens (including phenoxy) is 1. The smallest absolute Gasteiger partial charge is 0.232 e. The van der Waals surface area contributed by atoms with Gasteiger partial charge < -0.3 is 15.8 Å². The van der Waals surface area contributed by atoms with Crippen molar-refractivity contribution in [3.8, 4) is 5.75 Å². The highest BCUT2D eigenvalue weighted by atomic mass is 35.5. The number of aromatic nitrogens is 3. The van der Waals surface area contributed by atoms with Gasteiger partial charge in [-0.1, -0.05) is 29.8 Å². The molecule has 28 heavy (non-hydrogen) atoms. The van der Waals surface area contributed by atoms with Crippen LogP contribution in [-0.2, 0) is 0 Å². The number of nitrogen functional groups attached to an aromatic ring is 1. The number of hydrogen-bond acceptors (Lipinski definition) is 7. The molecule has 3 N–H and O–H groups in total. The van der Waals surface area contributed by atoms with Crippen LogP contribution < -0.4 is 15.8 Å². The number of para-hydroxylation sites is 1. The summed E-state index contributed by atoms with van der Waals surface area (Å²) in [6.45, 7) is 3.23. The van der Waals surface area contributed by atoms with Crippen LogP contribution in [0.4, 0.5) is 17.6 Å². The second-order valence-electron chi connectivity index (χ2n) is 6.33. The standard InChI is InChI=1S/C20H23ClN6O/c1-14(27(2)12-13-28-17-10-8-15(21)9-11-17)18-24-19(22)26-20(25-18)23-16-6-4-3-5-7-16/h3-11,14H,12-13H2,1-2H3,(H3,22,23,24,25,26). The Morgan fingerprint density at radius 1 is 1.07 bits per heavy atom. The van der Waals surface area contributed by atoms with E-state index in [4.69, 9.17) is 22.1 Å². The van der Waals surface area contributed by atoms with Gasteiger partial charge in [0.15, 0.2) is 5.82 Å². The highest BCUT2D eigenvalue weighted by molar-refractivity contribution is 6.30. The maximum Gasteiger partial charge on any atom is 0.232 e. The molecule has 1 unspecified atom stereocenters. The molecular weight excluding hydrogens is 376 g/mol. The SMILES string of the molecule is CC(c1nc(N)nc(Nc2ccccc2)n1)N(C)CCOc1ccc(Cl)cc1. The first-order chi connectivity index (χ1) is 13.5. The van der Waals surface area contributed by atoms with E-state index in [1.165, 1.54) is 0 Å². The Morgan fingerprint density at radius 3 is 2.50 bits per heavy atom. The Kier molecular flexibility index (Phi) is 6.62. The van der Waals surface area contributed by atoms with E-state index in [2.05, 4.69) is 25.2 Å². The Hall–Kier alpha value is -2.90. The fourth-order valence-electron chi connectivity index (χ4n) is 2.53. The van der Waals surface area contributed by atoms with Crippen molar-refractivity contribution in [1.29, 1.82) is 0 Å². The molecule has 0 aliphatic rings. The molecule has 8 heteroatoms. The molecule has 0 amide bonds. The predicted molar refractivity (Wildman–Crippen MR) is 112 cm³/mol. The molecule has 146 valence electrons. The van der Waals surface area contributed by atoms with Gasteiger partial charge in [0.2, 0.25) is 11.9 Å². The van der Waals surface area contributed by atoms with Crippen LogP contribution in [-0.4, -0.2) is 40.1 Å². The van der Waals surface area contributed by atoms with Gasteiger partial charge in [-0.2, -0.15) is 15.0 Å². The molecule has 0 spiro atoms. The summed E-state index contributed by atoms with van der Waals surface area (Å²) in [5, 5.41) is 3.84. The summed E-state index contributed by atoms with van der Waals surface area (Å²) in [5.74, 6) is 1.98. The molecular formula is C20H23ClN6O. The molecule has 1 aromatic heterocycles. The number of hydrogen-bond donors (Lipinski definition) is 2. The molecule has 0 saturated carbocycles. The van der Waals surface area contributed by atoms with Crippen molar-refractivity contribution in [2.24, 2.45) is 0 Å². The van der Waals surface area contributed by atoms with E-state index in [1.54, 1.807) is 12.1 Å². The summed E-state index contributed by atoms with van der Waals surface area (Å²) < 4.78 is 5.75. The zero-order chi connectivity index (χ0) is 19.9. The number of nitrogens with zero attached hydrogens (tertiary/aromatic N) is 4. The number of benzene rings is 2. The second kappa shape index (κ2) is 9.34. The minimum Gasteiger partial charge on any atom is -0.492 e. The summed E-state index contributed by atoms with van der Waals surface area (Å²) in [6, 6.07) is 16.9. The Bertz CT molecular complexity index is 891. The van der Waals surface area contributed by atoms with Crippen molar-refractivity contribution in [1.82, 2.24) is 19.9 Å². The average Bonchev–Trinajstić information content (AvgIpc) is 2.69. The van der Waals surface area contributed by atoms with Crippen molar-refractivity contribution in [2.45, 2.75) is 13.0 Å². The van der Waals surface area contributed by atoms with Crippen LogP contribution in [0.25, 0.3) is 0 Å². The molecule has 2 aromatic carbocycles. The minimum absolute atomic E-state index is 0.0598. The largest absolute Gasteiger partial charge is 0.492 e. The van der Waals surface area contributed by atoms with Gasteiger partial charge in [0.25, 0.3) is 0 Å². The van der Waals surface area contributed by atoms with Crippen LogP contribution in [0, 0.1) is 0 Å². The predicted octanol–water partition coefficient (Wildman–Crippen LogP) is 3.92. The molecule has 1 heterocycles. The van der Waals surface area contributed by atoms with Crippen LogP contribution in [0.3, 0.4) is 0 Å². The third-order valence-corrected chi connectivity index (χ3v) is 4.51. The maximum absolute atomic E-state index is 5.88. The third kappa shape index (κ3) is 5.55. The lowest BCUT2D eigenvalue weighted by atomic mass is 10.3. The van der Waals surface area contributed by atoms with Gasteiger partial charge in [-0.25, -0.2) is 0 Å². The zero-order valence-electron chi connectivity index (χ0n) is 15.8. The molecule has 3 rings (SSSR count). The first-order valence-corrected chi connectivity index (χ1v) is 9.31. The van der Waals surface area contributed by atoms with Gasteiger partial charge in [-0.05, 0) is 50.4 Å². The summed E-state index contributed by atoms with van der Waals surface area (Å²) in [5.41, 5.74) is 6.77. The van der Waals surface area contributed by atoms with Crippen LogP contribution in [0.2, 0.25) is 5.02 Å². The summed E-state index contributed by atoms with van der Waals surface area (Å²) in [7, 11) is 1.99. The number of likely N-dealkylation sites (N-methyl/N-ethyl adjacent to an activating group) is 1. The number of rotatable bonds is 8. The number of halogens is 1. The average molecular weight is 399 g/mol. The van der Waals surface area contributed by atoms with E-state index in [9.17, 15) is 0 Å². The number of anilines is 3. The molecule has 0 aliphatic carbocycles. The lowest BCUT2D eigenvalue weighted by Gasteiger charge is -2.23. The quantitative estimate of drug-likeness (QED) is 0.594. The lowest BCUT2D eigenvalue weighted by molar-refractivity contribution is 0.196. The topological polar surface area (TPSA) is 89.2 Å². The van der Waals surface area contributed by atoms with Crippen LogP contribution in [0.15, 0.2) is 54.6 Å². The van der Waals surface area contributed by atoms with Crippen LogP contribution in [0.5, 0.6) is 5.75 Å². The third-order valence-electron chi connectivity index (χ3n) is 4.26. The maximum atomic E-state index is 5.88. The van der Waals surface area contributed by atoms with E-state index in [0.717, 1.165) is 11.4 Å². The van der Waals surface area contributed by atoms with Gasteiger partial charge in [-0.3, -0.25) is 4.90 Å². The first kappa shape index (κ1) is 19.9. The van der Waals surface area contributed by atoms with Crippen molar-refractivity contribution >= 4 is 29.2 Å². The monoisotopic (exact) mass is 398 g/mol. The molecule has 0 fully saturated rings. The molecule has 0 aliphatic heterocycles. The fraction of sp³-hybridized carbons (Fsp3) is 0.250. The molecule has 1 atom stereocenters. The fourth-order valence-corrected chi connectivity index (χ4v) is 2.66. The Morgan fingerprint density at radius 2 is 1.79 bits per heavy atom. The lowest BCUT2D eigenvalue weighted by Crippen LogP contribution is -2.29. The van der Waals surface area contributed by atoms with Gasteiger partial charge >= 0.3 is 0 Å². The highest BCUT2D eigenvalue weighted by Gasteiger charge is 2.17.